The Morgan fingerprint density at radius 1 is 1.05 bits per heavy atom. The molecule has 21 heavy (non-hydrogen) atoms. The first kappa shape index (κ1) is 13.6. The lowest BCUT2D eigenvalue weighted by atomic mass is 10.1. The Balaban J connectivity index is 1.98. The van der Waals surface area contributed by atoms with Gasteiger partial charge in [0, 0.05) is 16.3 Å². The molecular formula is C16H11BrN2O2. The monoisotopic (exact) mass is 342 g/mol. The molecule has 0 aliphatic carbocycles. The average molecular weight is 343 g/mol. The van der Waals surface area contributed by atoms with E-state index >= 15 is 0 Å². The van der Waals surface area contributed by atoms with Gasteiger partial charge in [-0.2, -0.15) is 0 Å². The van der Waals surface area contributed by atoms with Gasteiger partial charge in [0.1, 0.15) is 5.56 Å². The van der Waals surface area contributed by atoms with Gasteiger partial charge in [-0.25, -0.2) is 9.95 Å². The number of aromatic amines is 1. The minimum Gasteiger partial charge on any atom is -0.338 e. The molecule has 0 saturated carbocycles. The number of aliphatic imine (C=N–C) groups is 1. The van der Waals surface area contributed by atoms with Crippen molar-refractivity contribution in [2.24, 2.45) is 4.99 Å². The van der Waals surface area contributed by atoms with Crippen molar-refractivity contribution >= 4 is 27.8 Å². The summed E-state index contributed by atoms with van der Waals surface area (Å²) in [6.07, 6.45) is 1.52. The summed E-state index contributed by atoms with van der Waals surface area (Å²) in [5.74, 6) is 0. The molecule has 1 aromatic heterocycles. The molecule has 4 nitrogen and oxygen atoms in total. The molecule has 3 aromatic rings. The lowest BCUT2D eigenvalue weighted by Crippen LogP contribution is -2.01. The first-order valence-electron chi connectivity index (χ1n) is 6.30. The molecule has 5 heteroatoms. The molecular weight excluding hydrogens is 332 g/mol. The highest BCUT2D eigenvalue weighted by atomic mass is 79.9. The third-order valence-electron chi connectivity index (χ3n) is 2.97. The quantitative estimate of drug-likeness (QED) is 0.727. The molecule has 0 saturated heterocycles. The molecule has 2 aromatic carbocycles. The van der Waals surface area contributed by atoms with Crippen LogP contribution < -0.4 is 5.63 Å². The summed E-state index contributed by atoms with van der Waals surface area (Å²) in [6.45, 7) is 0. The van der Waals surface area contributed by atoms with Crippen LogP contribution in [0.15, 0.2) is 73.4 Å². The van der Waals surface area contributed by atoms with Crippen LogP contribution in [0.25, 0.3) is 11.3 Å². The predicted molar refractivity (Wildman–Crippen MR) is 86.2 cm³/mol. The number of aromatic nitrogens is 1. The van der Waals surface area contributed by atoms with Crippen molar-refractivity contribution in [1.82, 2.24) is 5.16 Å². The van der Waals surface area contributed by atoms with Crippen molar-refractivity contribution in [3.05, 3.63) is 75.1 Å². The van der Waals surface area contributed by atoms with Gasteiger partial charge in [0.15, 0.2) is 0 Å². The molecule has 0 unspecified atom stereocenters. The van der Waals surface area contributed by atoms with Gasteiger partial charge >= 0.3 is 5.63 Å². The van der Waals surface area contributed by atoms with Gasteiger partial charge in [0.05, 0.1) is 11.4 Å². The Morgan fingerprint density at radius 3 is 2.48 bits per heavy atom. The largest absolute Gasteiger partial charge is 0.366 e. The number of H-pyrrole nitrogens is 1. The first-order valence-corrected chi connectivity index (χ1v) is 7.10. The Bertz CT molecular complexity index is 817. The SMILES string of the molecule is O=c1o[nH]c(-c2ccccc2)c1C=Nc1ccc(Br)cc1. The molecule has 0 fully saturated rings. The van der Waals surface area contributed by atoms with E-state index in [9.17, 15) is 4.79 Å². The fourth-order valence-electron chi connectivity index (χ4n) is 1.91. The van der Waals surface area contributed by atoms with E-state index in [1.54, 1.807) is 0 Å². The number of halogens is 1. The van der Waals surface area contributed by atoms with Gasteiger partial charge in [0.2, 0.25) is 0 Å². The van der Waals surface area contributed by atoms with Crippen LogP contribution in [0, 0.1) is 0 Å². The second-order valence-corrected chi connectivity index (χ2v) is 5.30. The molecule has 0 atom stereocenters. The zero-order chi connectivity index (χ0) is 14.7. The van der Waals surface area contributed by atoms with Crippen molar-refractivity contribution < 1.29 is 4.52 Å². The van der Waals surface area contributed by atoms with Crippen molar-refractivity contribution in [2.45, 2.75) is 0 Å². The standard InChI is InChI=1S/C16H11BrN2O2/c17-12-6-8-13(9-7-12)18-10-14-15(19-21-16(14)20)11-4-2-1-3-5-11/h1-10,19H. The van der Waals surface area contributed by atoms with Crippen LogP contribution in [0.3, 0.4) is 0 Å². The first-order chi connectivity index (χ1) is 10.2. The predicted octanol–water partition coefficient (Wildman–Crippen LogP) is 4.15. The normalized spacial score (nSPS) is 11.1. The van der Waals surface area contributed by atoms with E-state index in [-0.39, 0.29) is 0 Å². The number of rotatable bonds is 3. The lowest BCUT2D eigenvalue weighted by Gasteiger charge is -1.97. The Kier molecular flexibility index (Phi) is 3.83. The highest BCUT2D eigenvalue weighted by molar-refractivity contribution is 9.10. The number of hydrogen-bond acceptors (Lipinski definition) is 3. The summed E-state index contributed by atoms with van der Waals surface area (Å²) in [5, 5.41) is 2.65. The van der Waals surface area contributed by atoms with Crippen LogP contribution in [0.2, 0.25) is 0 Å². The van der Waals surface area contributed by atoms with Gasteiger partial charge in [-0.15, -0.1) is 0 Å². The molecule has 0 bridgehead atoms. The fraction of sp³-hybridized carbons (Fsp3) is 0. The highest BCUT2D eigenvalue weighted by Gasteiger charge is 2.11. The molecule has 1 heterocycles. The lowest BCUT2D eigenvalue weighted by molar-refractivity contribution is 0.393. The van der Waals surface area contributed by atoms with Gasteiger partial charge in [-0.05, 0) is 24.3 Å². The smallest absolute Gasteiger partial charge is 0.338 e. The molecule has 1 N–H and O–H groups in total. The summed E-state index contributed by atoms with van der Waals surface area (Å²) >= 11 is 3.37. The summed E-state index contributed by atoms with van der Waals surface area (Å²) in [6, 6.07) is 17.0. The molecule has 0 spiro atoms. The third-order valence-corrected chi connectivity index (χ3v) is 3.50. The van der Waals surface area contributed by atoms with E-state index < -0.39 is 5.63 Å². The Hall–Kier alpha value is -2.40. The summed E-state index contributed by atoms with van der Waals surface area (Å²) < 4.78 is 5.86. The molecule has 0 radical (unpaired) electrons. The maximum Gasteiger partial charge on any atom is 0.366 e. The van der Waals surface area contributed by atoms with Crippen molar-refractivity contribution in [3.8, 4) is 11.3 Å². The second kappa shape index (κ2) is 5.93. The minimum atomic E-state index is -0.435. The van der Waals surface area contributed by atoms with E-state index in [1.807, 2.05) is 54.6 Å². The summed E-state index contributed by atoms with van der Waals surface area (Å²) in [7, 11) is 0. The number of nitrogens with one attached hydrogen (secondary N) is 1. The highest BCUT2D eigenvalue weighted by Crippen LogP contribution is 2.20. The average Bonchev–Trinajstić information content (AvgIpc) is 2.89. The third kappa shape index (κ3) is 3.03. The van der Waals surface area contributed by atoms with Crippen LogP contribution in [0.1, 0.15) is 5.56 Å². The molecule has 0 aliphatic rings. The van der Waals surface area contributed by atoms with E-state index in [0.29, 0.717) is 11.3 Å². The van der Waals surface area contributed by atoms with Crippen molar-refractivity contribution in [1.29, 1.82) is 0 Å². The topological polar surface area (TPSA) is 58.4 Å². The van der Waals surface area contributed by atoms with Gasteiger partial charge in [-0.3, -0.25) is 4.99 Å². The summed E-state index contributed by atoms with van der Waals surface area (Å²) in [4.78, 5) is 16.1. The molecule has 3 rings (SSSR count). The van der Waals surface area contributed by atoms with E-state index in [1.165, 1.54) is 6.21 Å². The van der Waals surface area contributed by atoms with Gasteiger partial charge < -0.3 is 4.52 Å². The van der Waals surface area contributed by atoms with Crippen LogP contribution in [0.4, 0.5) is 5.69 Å². The van der Waals surface area contributed by atoms with Crippen LogP contribution in [0.5, 0.6) is 0 Å². The maximum absolute atomic E-state index is 11.8. The molecule has 0 amide bonds. The fourth-order valence-corrected chi connectivity index (χ4v) is 2.18. The van der Waals surface area contributed by atoms with Crippen LogP contribution >= 0.6 is 15.9 Å². The van der Waals surface area contributed by atoms with Crippen molar-refractivity contribution in [2.75, 3.05) is 0 Å². The van der Waals surface area contributed by atoms with Crippen LogP contribution in [-0.2, 0) is 0 Å². The minimum absolute atomic E-state index is 0.407. The Labute approximate surface area is 129 Å². The van der Waals surface area contributed by atoms with Gasteiger partial charge in [0.25, 0.3) is 0 Å². The van der Waals surface area contributed by atoms with Crippen LogP contribution in [-0.4, -0.2) is 11.4 Å². The van der Waals surface area contributed by atoms with E-state index in [4.69, 9.17) is 4.52 Å². The van der Waals surface area contributed by atoms with Crippen molar-refractivity contribution in [3.63, 3.8) is 0 Å². The summed E-state index contributed by atoms with van der Waals surface area (Å²) in [5.41, 5.74) is 2.23. The zero-order valence-electron chi connectivity index (χ0n) is 10.9. The molecule has 104 valence electrons. The van der Waals surface area contributed by atoms with E-state index in [2.05, 4.69) is 26.1 Å². The zero-order valence-corrected chi connectivity index (χ0v) is 12.5. The number of benzene rings is 2. The Morgan fingerprint density at radius 2 is 1.76 bits per heavy atom. The number of hydrogen-bond donors (Lipinski definition) is 1. The molecule has 0 aliphatic heterocycles. The second-order valence-electron chi connectivity index (χ2n) is 4.38. The maximum atomic E-state index is 11.8. The van der Waals surface area contributed by atoms with Gasteiger partial charge in [-0.1, -0.05) is 46.3 Å². The van der Waals surface area contributed by atoms with E-state index in [0.717, 1.165) is 15.7 Å². The number of nitrogens with zero attached hydrogens (tertiary/aromatic N) is 1.